The van der Waals surface area contributed by atoms with Gasteiger partial charge in [-0.25, -0.2) is 4.39 Å². The second kappa shape index (κ2) is 5.04. The van der Waals surface area contributed by atoms with Gasteiger partial charge < -0.3 is 5.32 Å². The van der Waals surface area contributed by atoms with E-state index >= 15 is 0 Å². The summed E-state index contributed by atoms with van der Waals surface area (Å²) < 4.78 is 51.5. The van der Waals surface area contributed by atoms with Gasteiger partial charge in [-0.15, -0.1) is 0 Å². The Balaban J connectivity index is 3.33. The molecule has 0 heterocycles. The van der Waals surface area contributed by atoms with Crippen LogP contribution in [-0.2, 0) is 6.18 Å². The Morgan fingerprint density at radius 2 is 1.76 bits per heavy atom. The van der Waals surface area contributed by atoms with E-state index in [0.717, 1.165) is 18.2 Å². The van der Waals surface area contributed by atoms with Gasteiger partial charge in [0, 0.05) is 6.04 Å². The van der Waals surface area contributed by atoms with Crippen LogP contribution in [0.3, 0.4) is 0 Å². The van der Waals surface area contributed by atoms with Crippen LogP contribution in [0.4, 0.5) is 17.6 Å². The molecule has 0 aliphatic rings. The van der Waals surface area contributed by atoms with Crippen molar-refractivity contribution in [3.05, 3.63) is 35.1 Å². The van der Waals surface area contributed by atoms with Crippen molar-refractivity contribution in [3.8, 4) is 0 Å². The quantitative estimate of drug-likeness (QED) is 0.804. The van der Waals surface area contributed by atoms with E-state index in [4.69, 9.17) is 0 Å². The molecular weight excluding hydrogens is 234 g/mol. The standard InChI is InChI=1S/C12H15F4N/c1-7(2)11(17-3)9-6-8(13)4-5-10(9)12(14,15)16/h4-7,11,17H,1-3H3. The van der Waals surface area contributed by atoms with Crippen molar-refractivity contribution < 1.29 is 17.6 Å². The molecule has 1 N–H and O–H groups in total. The van der Waals surface area contributed by atoms with Crippen LogP contribution in [0.25, 0.3) is 0 Å². The van der Waals surface area contributed by atoms with Crippen LogP contribution >= 0.6 is 0 Å². The number of hydrogen-bond donors (Lipinski definition) is 1. The minimum atomic E-state index is -4.47. The first-order valence-corrected chi connectivity index (χ1v) is 5.31. The lowest BCUT2D eigenvalue weighted by Crippen LogP contribution is -2.25. The molecule has 0 radical (unpaired) electrons. The molecule has 0 fully saturated rings. The van der Waals surface area contributed by atoms with Crippen LogP contribution in [0, 0.1) is 11.7 Å². The maximum atomic E-state index is 13.1. The van der Waals surface area contributed by atoms with Crippen molar-refractivity contribution in [1.82, 2.24) is 5.32 Å². The summed E-state index contributed by atoms with van der Waals surface area (Å²) in [5.41, 5.74) is -0.832. The minimum absolute atomic E-state index is 0.0463. The van der Waals surface area contributed by atoms with Gasteiger partial charge in [0.2, 0.25) is 0 Å². The van der Waals surface area contributed by atoms with Gasteiger partial charge in [0.05, 0.1) is 5.56 Å². The number of halogens is 4. The highest BCUT2D eigenvalue weighted by Gasteiger charge is 2.35. The molecule has 1 rings (SSSR count). The number of nitrogens with one attached hydrogen (secondary N) is 1. The highest BCUT2D eigenvalue weighted by molar-refractivity contribution is 5.33. The molecule has 17 heavy (non-hydrogen) atoms. The van der Waals surface area contributed by atoms with Gasteiger partial charge in [-0.05, 0) is 36.7 Å². The monoisotopic (exact) mass is 249 g/mol. The maximum Gasteiger partial charge on any atom is 0.416 e. The predicted octanol–water partition coefficient (Wildman–Crippen LogP) is 3.76. The summed E-state index contributed by atoms with van der Waals surface area (Å²) in [5.74, 6) is -0.725. The zero-order chi connectivity index (χ0) is 13.2. The van der Waals surface area contributed by atoms with E-state index < -0.39 is 23.6 Å². The largest absolute Gasteiger partial charge is 0.416 e. The normalized spacial score (nSPS) is 14.1. The number of hydrogen-bond acceptors (Lipinski definition) is 1. The van der Waals surface area contributed by atoms with Crippen molar-refractivity contribution in [2.75, 3.05) is 7.05 Å². The highest BCUT2D eigenvalue weighted by Crippen LogP contribution is 2.36. The number of alkyl halides is 3. The van der Waals surface area contributed by atoms with Gasteiger partial charge >= 0.3 is 6.18 Å². The van der Waals surface area contributed by atoms with Crippen LogP contribution in [0.15, 0.2) is 18.2 Å². The minimum Gasteiger partial charge on any atom is -0.313 e. The van der Waals surface area contributed by atoms with Gasteiger partial charge in [-0.2, -0.15) is 13.2 Å². The Kier molecular flexibility index (Phi) is 4.14. The molecule has 0 aliphatic heterocycles. The Labute approximate surface area is 97.8 Å². The predicted molar refractivity (Wildman–Crippen MR) is 58.0 cm³/mol. The molecule has 5 heteroatoms. The molecule has 0 aliphatic carbocycles. The van der Waals surface area contributed by atoms with Gasteiger partial charge in [-0.3, -0.25) is 0 Å². The summed E-state index contributed by atoms with van der Waals surface area (Å²) in [7, 11) is 1.57. The molecule has 1 atom stereocenters. The maximum absolute atomic E-state index is 13.1. The molecule has 1 aromatic carbocycles. The van der Waals surface area contributed by atoms with E-state index in [0.29, 0.717) is 0 Å². The van der Waals surface area contributed by atoms with Crippen LogP contribution in [0.1, 0.15) is 31.0 Å². The first-order valence-electron chi connectivity index (χ1n) is 5.31. The molecule has 0 bridgehead atoms. The van der Waals surface area contributed by atoms with E-state index in [1.165, 1.54) is 0 Å². The van der Waals surface area contributed by atoms with Crippen LogP contribution in [-0.4, -0.2) is 7.05 Å². The van der Waals surface area contributed by atoms with E-state index in [-0.39, 0.29) is 11.5 Å². The van der Waals surface area contributed by atoms with E-state index in [2.05, 4.69) is 5.32 Å². The molecule has 1 aromatic rings. The fourth-order valence-electron chi connectivity index (χ4n) is 1.90. The lowest BCUT2D eigenvalue weighted by atomic mass is 9.92. The lowest BCUT2D eigenvalue weighted by molar-refractivity contribution is -0.138. The second-order valence-electron chi connectivity index (χ2n) is 4.24. The average Bonchev–Trinajstić information content (AvgIpc) is 2.16. The van der Waals surface area contributed by atoms with E-state index in [1.54, 1.807) is 20.9 Å². The first-order chi connectivity index (χ1) is 7.77. The van der Waals surface area contributed by atoms with E-state index in [1.807, 2.05) is 0 Å². The van der Waals surface area contributed by atoms with Crippen LogP contribution in [0.5, 0.6) is 0 Å². The summed E-state index contributed by atoms with van der Waals surface area (Å²) in [6, 6.07) is 2.04. The summed E-state index contributed by atoms with van der Waals surface area (Å²) in [4.78, 5) is 0. The van der Waals surface area contributed by atoms with Crippen molar-refractivity contribution in [1.29, 1.82) is 0 Å². The van der Waals surface area contributed by atoms with Crippen molar-refractivity contribution in [3.63, 3.8) is 0 Å². The molecule has 1 unspecified atom stereocenters. The molecule has 1 nitrogen and oxygen atoms in total. The molecule has 0 aromatic heterocycles. The molecule has 0 spiro atoms. The van der Waals surface area contributed by atoms with Gasteiger partial charge in [0.25, 0.3) is 0 Å². The van der Waals surface area contributed by atoms with Gasteiger partial charge in [0.1, 0.15) is 5.82 Å². The Bertz CT molecular complexity index is 385. The fourth-order valence-corrected chi connectivity index (χ4v) is 1.90. The number of rotatable bonds is 3. The molecular formula is C12H15F4N. The highest BCUT2D eigenvalue weighted by atomic mass is 19.4. The number of benzene rings is 1. The summed E-state index contributed by atoms with van der Waals surface area (Å²) in [5, 5.41) is 2.79. The van der Waals surface area contributed by atoms with Gasteiger partial charge in [-0.1, -0.05) is 13.8 Å². The zero-order valence-electron chi connectivity index (χ0n) is 9.90. The smallest absolute Gasteiger partial charge is 0.313 e. The molecule has 96 valence electrons. The summed E-state index contributed by atoms with van der Waals surface area (Å²) in [6.45, 7) is 3.57. The molecule has 0 saturated carbocycles. The van der Waals surface area contributed by atoms with Gasteiger partial charge in [0.15, 0.2) is 0 Å². The summed E-state index contributed by atoms with van der Waals surface area (Å²) >= 11 is 0. The molecule has 0 amide bonds. The van der Waals surface area contributed by atoms with Crippen molar-refractivity contribution in [2.24, 2.45) is 5.92 Å². The fraction of sp³-hybridized carbons (Fsp3) is 0.500. The van der Waals surface area contributed by atoms with E-state index in [9.17, 15) is 17.6 Å². The van der Waals surface area contributed by atoms with Crippen molar-refractivity contribution >= 4 is 0 Å². The first kappa shape index (κ1) is 14.0. The average molecular weight is 249 g/mol. The Morgan fingerprint density at radius 1 is 1.18 bits per heavy atom. The third-order valence-corrected chi connectivity index (χ3v) is 2.63. The van der Waals surface area contributed by atoms with Crippen LogP contribution in [0.2, 0.25) is 0 Å². The van der Waals surface area contributed by atoms with Crippen LogP contribution < -0.4 is 5.32 Å². The molecule has 0 saturated heterocycles. The third-order valence-electron chi connectivity index (χ3n) is 2.63. The Hall–Kier alpha value is -1.10. The summed E-state index contributed by atoms with van der Waals surface area (Å²) in [6.07, 6.45) is -4.47. The third kappa shape index (κ3) is 3.19. The topological polar surface area (TPSA) is 12.0 Å². The Morgan fingerprint density at radius 3 is 2.18 bits per heavy atom. The zero-order valence-corrected chi connectivity index (χ0v) is 9.90. The van der Waals surface area contributed by atoms with Crippen molar-refractivity contribution in [2.45, 2.75) is 26.1 Å². The lowest BCUT2D eigenvalue weighted by Gasteiger charge is -2.24. The SMILES string of the molecule is CNC(c1cc(F)ccc1C(F)(F)F)C(C)C. The second-order valence-corrected chi connectivity index (χ2v) is 4.24.